The molecule has 0 aliphatic carbocycles. The van der Waals surface area contributed by atoms with E-state index in [0.29, 0.717) is 0 Å². The molecule has 2 amide bonds. The van der Waals surface area contributed by atoms with Gasteiger partial charge in [0, 0.05) is 18.9 Å². The maximum atomic E-state index is 12.7. The molecule has 0 aromatic carbocycles. The van der Waals surface area contributed by atoms with Crippen molar-refractivity contribution in [2.24, 2.45) is 4.99 Å². The van der Waals surface area contributed by atoms with Crippen molar-refractivity contribution < 1.29 is 28.6 Å². The number of nitrogens with one attached hydrogen (secondary N) is 2. The molecule has 0 saturated heterocycles. The second-order valence-corrected chi connectivity index (χ2v) is 10.3. The van der Waals surface area contributed by atoms with Crippen LogP contribution in [-0.4, -0.2) is 63.3 Å². The zero-order valence-corrected chi connectivity index (χ0v) is 21.0. The molecule has 1 aromatic rings. The summed E-state index contributed by atoms with van der Waals surface area (Å²) in [4.78, 5) is 41.4. The van der Waals surface area contributed by atoms with E-state index in [1.54, 1.807) is 74.6 Å². The van der Waals surface area contributed by atoms with Crippen LogP contribution < -0.4 is 10.6 Å². The molecule has 11 heteroatoms. The first kappa shape index (κ1) is 27.9. The van der Waals surface area contributed by atoms with Gasteiger partial charge in [-0.2, -0.15) is 5.10 Å². The summed E-state index contributed by atoms with van der Waals surface area (Å²) in [5.41, 5.74) is -2.17. The van der Waals surface area contributed by atoms with Gasteiger partial charge in [0.05, 0.1) is 0 Å². The third-order valence-electron chi connectivity index (χ3n) is 3.40. The average molecular weight is 468 g/mol. The molecule has 0 fully saturated rings. The van der Waals surface area contributed by atoms with Crippen molar-refractivity contribution in [1.82, 2.24) is 20.4 Å². The summed E-state index contributed by atoms with van der Waals surface area (Å²) in [5, 5.41) is 9.16. The lowest BCUT2D eigenvalue weighted by Crippen LogP contribution is -2.46. The third-order valence-corrected chi connectivity index (χ3v) is 3.40. The van der Waals surface area contributed by atoms with Crippen LogP contribution in [0.2, 0.25) is 0 Å². The number of esters is 1. The van der Waals surface area contributed by atoms with E-state index >= 15 is 0 Å². The van der Waals surface area contributed by atoms with Crippen molar-refractivity contribution in [2.75, 3.05) is 6.54 Å². The summed E-state index contributed by atoms with van der Waals surface area (Å²) in [6.07, 6.45) is 1.77. The van der Waals surface area contributed by atoms with E-state index in [-0.39, 0.29) is 18.9 Å². The summed E-state index contributed by atoms with van der Waals surface area (Å²) in [7, 11) is 0. The molecule has 0 aliphatic heterocycles. The van der Waals surface area contributed by atoms with Crippen LogP contribution >= 0.6 is 0 Å². The first-order valence-electron chi connectivity index (χ1n) is 10.7. The van der Waals surface area contributed by atoms with Crippen molar-refractivity contribution >= 4 is 24.1 Å². The number of nitrogens with zero attached hydrogens (tertiary/aromatic N) is 3. The number of alkyl carbamates (subject to hydrolysis) is 2. The van der Waals surface area contributed by atoms with Gasteiger partial charge in [0.1, 0.15) is 22.8 Å². The molecule has 11 nitrogen and oxygen atoms in total. The molecule has 0 bridgehead atoms. The maximum absolute atomic E-state index is 12.7. The number of aromatic nitrogens is 2. The number of hydrogen-bond donors (Lipinski definition) is 2. The molecule has 0 saturated carbocycles. The van der Waals surface area contributed by atoms with Crippen LogP contribution in [0.15, 0.2) is 23.5 Å². The van der Waals surface area contributed by atoms with Crippen molar-refractivity contribution in [3.8, 4) is 0 Å². The first-order chi connectivity index (χ1) is 15.0. The molecule has 186 valence electrons. The Hall–Kier alpha value is -3.11. The number of hydrogen-bond acceptors (Lipinski definition) is 8. The molecule has 2 N–H and O–H groups in total. The first-order valence-corrected chi connectivity index (χ1v) is 10.7. The van der Waals surface area contributed by atoms with Gasteiger partial charge in [0.25, 0.3) is 0 Å². The summed E-state index contributed by atoms with van der Waals surface area (Å²) in [6.45, 7) is 15.6. The fraction of sp³-hybridized carbons (Fsp3) is 0.682. The van der Waals surface area contributed by atoms with Crippen LogP contribution in [0.5, 0.6) is 0 Å². The molecule has 0 unspecified atom stereocenters. The number of aliphatic imine (C=N–C) groups is 1. The van der Waals surface area contributed by atoms with Crippen molar-refractivity contribution in [1.29, 1.82) is 0 Å². The van der Waals surface area contributed by atoms with Crippen molar-refractivity contribution in [2.45, 2.75) is 91.6 Å². The van der Waals surface area contributed by atoms with Crippen LogP contribution in [-0.2, 0) is 19.0 Å². The van der Waals surface area contributed by atoms with Gasteiger partial charge in [-0.3, -0.25) is 10.3 Å². The third kappa shape index (κ3) is 12.5. The summed E-state index contributed by atoms with van der Waals surface area (Å²) >= 11 is 0. The minimum Gasteiger partial charge on any atom is -0.458 e. The predicted molar refractivity (Wildman–Crippen MR) is 123 cm³/mol. The molecular formula is C22H37N5O6. The Balaban J connectivity index is 2.98. The predicted octanol–water partition coefficient (Wildman–Crippen LogP) is 3.24. The normalized spacial score (nSPS) is 13.7. The van der Waals surface area contributed by atoms with Crippen LogP contribution in [0.4, 0.5) is 9.59 Å². The van der Waals surface area contributed by atoms with E-state index in [1.807, 2.05) is 0 Å². The average Bonchev–Trinajstić information content (AvgIpc) is 3.09. The lowest BCUT2D eigenvalue weighted by molar-refractivity contribution is -0.157. The zero-order valence-electron chi connectivity index (χ0n) is 21.0. The van der Waals surface area contributed by atoms with Gasteiger partial charge in [0.15, 0.2) is 0 Å². The van der Waals surface area contributed by atoms with Crippen LogP contribution in [0.25, 0.3) is 0 Å². The molecule has 0 aliphatic rings. The smallest absolute Gasteiger partial charge is 0.414 e. The SMILES string of the molecule is CC(C)(C)OC(=O)NC(=NCC[C@H](NC(=O)OC(C)(C)C)C(=O)OC(C)(C)C)n1cccn1. The molecule has 1 rings (SSSR count). The van der Waals surface area contributed by atoms with Crippen LogP contribution in [0, 0.1) is 0 Å². The molecule has 1 aromatic heterocycles. The highest BCUT2D eigenvalue weighted by Crippen LogP contribution is 2.12. The number of amides is 2. The number of ether oxygens (including phenoxy) is 3. The summed E-state index contributed by atoms with van der Waals surface area (Å²) in [5.74, 6) is -0.515. The number of carbonyl (C=O) groups excluding carboxylic acids is 3. The largest absolute Gasteiger partial charge is 0.458 e. The zero-order chi connectivity index (χ0) is 25.4. The fourth-order valence-electron chi connectivity index (χ4n) is 2.33. The van der Waals surface area contributed by atoms with Crippen LogP contribution in [0.3, 0.4) is 0 Å². The molecule has 0 spiro atoms. The van der Waals surface area contributed by atoms with Gasteiger partial charge in [-0.15, -0.1) is 0 Å². The molecular weight excluding hydrogens is 430 g/mol. The van der Waals surface area contributed by atoms with Crippen molar-refractivity contribution in [3.05, 3.63) is 18.5 Å². The molecule has 0 radical (unpaired) electrons. The quantitative estimate of drug-likeness (QED) is 0.294. The fourth-order valence-corrected chi connectivity index (χ4v) is 2.33. The maximum Gasteiger partial charge on any atom is 0.414 e. The molecule has 1 atom stereocenters. The lowest BCUT2D eigenvalue weighted by Gasteiger charge is -2.26. The van der Waals surface area contributed by atoms with Gasteiger partial charge in [-0.25, -0.2) is 19.1 Å². The topological polar surface area (TPSA) is 133 Å². The standard InChI is InChI=1S/C22H37N5O6/c1-20(2,3)31-16(28)15(25-18(29)32-21(4,5)6)11-13-23-17(27-14-10-12-24-27)26-19(30)33-22(7,8)9/h10,12,14-15H,11,13H2,1-9H3,(H,25,29)(H,23,26,30)/t15-/m0/s1. The van der Waals surface area contributed by atoms with E-state index in [9.17, 15) is 14.4 Å². The van der Waals surface area contributed by atoms with E-state index in [2.05, 4.69) is 20.7 Å². The molecule has 33 heavy (non-hydrogen) atoms. The van der Waals surface area contributed by atoms with Gasteiger partial charge in [-0.1, -0.05) is 0 Å². The van der Waals surface area contributed by atoms with E-state index in [1.165, 1.54) is 10.9 Å². The van der Waals surface area contributed by atoms with Gasteiger partial charge in [-0.05, 0) is 74.8 Å². The summed E-state index contributed by atoms with van der Waals surface area (Å²) in [6, 6.07) is 0.656. The second kappa shape index (κ2) is 11.2. The number of rotatable bonds is 5. The van der Waals surface area contributed by atoms with Crippen LogP contribution in [0.1, 0.15) is 68.7 Å². The lowest BCUT2D eigenvalue weighted by atomic mass is 10.1. The summed E-state index contributed by atoms with van der Waals surface area (Å²) < 4.78 is 17.3. The minimum absolute atomic E-state index is 0.0602. The van der Waals surface area contributed by atoms with Gasteiger partial charge < -0.3 is 19.5 Å². The van der Waals surface area contributed by atoms with Gasteiger partial charge >= 0.3 is 18.2 Å². The Morgan fingerprint density at radius 1 is 0.909 bits per heavy atom. The second-order valence-electron chi connectivity index (χ2n) is 10.3. The van der Waals surface area contributed by atoms with E-state index in [0.717, 1.165) is 0 Å². The highest BCUT2D eigenvalue weighted by molar-refractivity contribution is 5.94. The minimum atomic E-state index is -1.01. The Bertz CT molecular complexity index is 829. The van der Waals surface area contributed by atoms with E-state index in [4.69, 9.17) is 14.2 Å². The Morgan fingerprint density at radius 2 is 1.45 bits per heavy atom. The number of carbonyl (C=O) groups is 3. The highest BCUT2D eigenvalue weighted by Gasteiger charge is 2.28. The monoisotopic (exact) mass is 467 g/mol. The van der Waals surface area contributed by atoms with Gasteiger partial charge in [0.2, 0.25) is 5.96 Å². The van der Waals surface area contributed by atoms with Crippen molar-refractivity contribution in [3.63, 3.8) is 0 Å². The van der Waals surface area contributed by atoms with E-state index < -0.39 is 41.0 Å². The Kier molecular flexibility index (Phi) is 9.44. The highest BCUT2D eigenvalue weighted by atomic mass is 16.6. The molecule has 1 heterocycles. The Labute approximate surface area is 195 Å². The Morgan fingerprint density at radius 3 is 1.94 bits per heavy atom.